The summed E-state index contributed by atoms with van der Waals surface area (Å²) in [7, 11) is 1.83. The summed E-state index contributed by atoms with van der Waals surface area (Å²) in [6.45, 7) is 15.9. The average Bonchev–Trinajstić information content (AvgIpc) is 3.29. The highest BCUT2D eigenvalue weighted by Gasteiger charge is 2.72. The molecule has 0 aliphatic heterocycles. The molecule has 0 saturated heterocycles. The monoisotopic (exact) mass is 531 g/mol. The molecule has 0 unspecified atom stereocenters. The third-order valence-electron chi connectivity index (χ3n) is 13.4. The van der Waals surface area contributed by atoms with Crippen LogP contribution in [0.3, 0.4) is 0 Å². The van der Waals surface area contributed by atoms with E-state index in [0.29, 0.717) is 12.2 Å². The molecule has 1 aromatic rings. The van der Waals surface area contributed by atoms with Crippen molar-refractivity contribution in [3.63, 3.8) is 0 Å². The van der Waals surface area contributed by atoms with Crippen molar-refractivity contribution in [2.75, 3.05) is 0 Å². The molecule has 39 heavy (non-hydrogen) atoms. The molecular weight excluding hydrogens is 486 g/mol. The number of carbonyl (C=O) groups is 2. The number of Topliss-reactive ketones (excluding diaryl/α,β-unsaturated/α-hetero) is 2. The minimum absolute atomic E-state index is 0.0364. The minimum atomic E-state index is -0.608. The van der Waals surface area contributed by atoms with Gasteiger partial charge in [0.1, 0.15) is 11.9 Å². The van der Waals surface area contributed by atoms with Crippen molar-refractivity contribution in [3.05, 3.63) is 17.5 Å². The predicted molar refractivity (Wildman–Crippen MR) is 147 cm³/mol. The van der Waals surface area contributed by atoms with E-state index in [1.54, 1.807) is 4.80 Å². The first-order valence-corrected chi connectivity index (χ1v) is 15.0. The molecule has 5 aliphatic rings. The van der Waals surface area contributed by atoms with Crippen LogP contribution in [-0.2, 0) is 22.1 Å². The summed E-state index contributed by atoms with van der Waals surface area (Å²) >= 11 is 0. The van der Waals surface area contributed by atoms with Gasteiger partial charge in [0, 0.05) is 23.2 Å². The first kappa shape index (κ1) is 26.8. The highest BCUT2D eigenvalue weighted by atomic mass is 16.1. The molecule has 4 fully saturated rings. The average molecular weight is 532 g/mol. The normalized spacial score (nSPS) is 46.2. The summed E-state index contributed by atoms with van der Waals surface area (Å²) < 4.78 is 0. The van der Waals surface area contributed by atoms with E-state index in [2.05, 4.69) is 51.0 Å². The second-order valence-electron chi connectivity index (χ2n) is 15.9. The number of fused-ring (bicyclic) bond motifs is 7. The maximum Gasteiger partial charge on any atom is 0.181 e. The summed E-state index contributed by atoms with van der Waals surface area (Å²) in [5, 5.41) is 23.5. The number of ketones is 2. The van der Waals surface area contributed by atoms with Crippen LogP contribution in [0.1, 0.15) is 106 Å². The molecule has 7 nitrogen and oxygen atoms in total. The molecule has 0 radical (unpaired) electrons. The number of aryl methyl sites for hydroxylation is 1. The van der Waals surface area contributed by atoms with Gasteiger partial charge in [-0.2, -0.15) is 10.1 Å². The SMILES string of the molecule is Cn1nnc([C@]23CCC(C)(C)C[C@H]2[C@H]2C(=O)C[C@@H]4[C@@]5(C)C=C(C#N)C(=O)C(C)(C)[C@@H]5CC[C@@]4(C)[C@]2(C)CC3)n1. The molecule has 5 aliphatic carbocycles. The lowest BCUT2D eigenvalue weighted by Gasteiger charge is -2.71. The van der Waals surface area contributed by atoms with E-state index in [9.17, 15) is 14.9 Å². The molecule has 0 amide bonds. The molecule has 0 spiro atoms. The van der Waals surface area contributed by atoms with Crippen LogP contribution < -0.4 is 0 Å². The van der Waals surface area contributed by atoms with Gasteiger partial charge < -0.3 is 0 Å². The number of allylic oxidation sites excluding steroid dienone is 2. The number of aromatic nitrogens is 4. The van der Waals surface area contributed by atoms with E-state index >= 15 is 0 Å². The van der Waals surface area contributed by atoms with Gasteiger partial charge in [-0.15, -0.1) is 10.2 Å². The number of rotatable bonds is 1. The maximum absolute atomic E-state index is 14.7. The van der Waals surface area contributed by atoms with Gasteiger partial charge in [-0.05, 0) is 89.6 Å². The van der Waals surface area contributed by atoms with Crippen LogP contribution in [-0.4, -0.2) is 31.8 Å². The van der Waals surface area contributed by atoms with Gasteiger partial charge in [-0.3, -0.25) is 9.59 Å². The van der Waals surface area contributed by atoms with Crippen LogP contribution in [0.4, 0.5) is 0 Å². The highest BCUT2D eigenvalue weighted by Crippen LogP contribution is 2.75. The van der Waals surface area contributed by atoms with Gasteiger partial charge in [-0.25, -0.2) is 0 Å². The van der Waals surface area contributed by atoms with Gasteiger partial charge in [0.15, 0.2) is 11.6 Å². The number of nitrogens with zero attached hydrogens (tertiary/aromatic N) is 5. The van der Waals surface area contributed by atoms with E-state index < -0.39 is 5.41 Å². The Balaban J connectivity index is 1.49. The molecule has 1 heterocycles. The van der Waals surface area contributed by atoms with Crippen molar-refractivity contribution in [1.29, 1.82) is 5.26 Å². The summed E-state index contributed by atoms with van der Waals surface area (Å²) in [6.07, 6.45) is 9.50. The molecule has 8 atom stereocenters. The highest BCUT2D eigenvalue weighted by molar-refractivity contribution is 6.04. The van der Waals surface area contributed by atoms with Crippen LogP contribution in [0, 0.1) is 62.1 Å². The van der Waals surface area contributed by atoms with Crippen molar-refractivity contribution in [3.8, 4) is 6.07 Å². The third-order valence-corrected chi connectivity index (χ3v) is 13.4. The first-order chi connectivity index (χ1) is 18.1. The van der Waals surface area contributed by atoms with Crippen LogP contribution in [0.25, 0.3) is 0 Å². The fraction of sp³-hybridized carbons (Fsp3) is 0.812. The van der Waals surface area contributed by atoms with Gasteiger partial charge >= 0.3 is 0 Å². The zero-order valence-corrected chi connectivity index (χ0v) is 25.1. The largest absolute Gasteiger partial charge is 0.299 e. The Morgan fingerprint density at radius 2 is 1.64 bits per heavy atom. The number of hydrogen-bond donors (Lipinski definition) is 0. The Hall–Kier alpha value is -2.36. The Labute approximate surface area is 233 Å². The summed E-state index contributed by atoms with van der Waals surface area (Å²) in [5.41, 5.74) is -0.983. The van der Waals surface area contributed by atoms with Crippen molar-refractivity contribution in [2.45, 2.75) is 105 Å². The second-order valence-corrected chi connectivity index (χ2v) is 15.9. The van der Waals surface area contributed by atoms with Gasteiger partial charge in [0.2, 0.25) is 0 Å². The number of tetrazole rings is 1. The standard InChI is InChI=1S/C32H45N5O2/c1-27(2)11-13-32(26-34-36-37(8)35-26)14-12-31(7)24(20(32)17-27)21(38)15-23-29(5)16-19(18-33)25(39)28(3,4)22(29)9-10-30(23,31)6/h16,20,22-24H,9-15,17H2,1-8H3/t20-,22-,23+,24-,29-,30+,31+,32-/m0/s1. The molecule has 6 rings (SSSR count). The Morgan fingerprint density at radius 1 is 0.949 bits per heavy atom. The van der Waals surface area contributed by atoms with E-state index in [1.165, 1.54) is 0 Å². The second kappa shape index (κ2) is 7.89. The van der Waals surface area contributed by atoms with Crippen molar-refractivity contribution in [1.82, 2.24) is 20.2 Å². The van der Waals surface area contributed by atoms with E-state index in [4.69, 9.17) is 5.10 Å². The lowest BCUT2D eigenvalue weighted by atomic mass is 9.31. The molecular formula is C32H45N5O2. The molecule has 4 saturated carbocycles. The van der Waals surface area contributed by atoms with Crippen LogP contribution in [0.2, 0.25) is 0 Å². The Kier molecular flexibility index (Phi) is 5.43. The van der Waals surface area contributed by atoms with Gasteiger partial charge in [0.25, 0.3) is 0 Å². The number of hydrogen-bond acceptors (Lipinski definition) is 6. The summed E-state index contributed by atoms with van der Waals surface area (Å²) in [6, 6.07) is 2.23. The minimum Gasteiger partial charge on any atom is -0.299 e. The van der Waals surface area contributed by atoms with Crippen molar-refractivity contribution < 1.29 is 9.59 Å². The fourth-order valence-corrected chi connectivity index (χ4v) is 11.2. The van der Waals surface area contributed by atoms with Gasteiger partial charge in [0.05, 0.1) is 12.6 Å². The van der Waals surface area contributed by atoms with Crippen molar-refractivity contribution >= 4 is 11.6 Å². The van der Waals surface area contributed by atoms with E-state index in [-0.39, 0.29) is 62.1 Å². The molecule has 210 valence electrons. The molecule has 1 aromatic heterocycles. The van der Waals surface area contributed by atoms with Crippen LogP contribution >= 0.6 is 0 Å². The zero-order valence-electron chi connectivity index (χ0n) is 25.1. The van der Waals surface area contributed by atoms with E-state index in [0.717, 1.165) is 50.8 Å². The first-order valence-electron chi connectivity index (χ1n) is 15.0. The maximum atomic E-state index is 14.7. The zero-order chi connectivity index (χ0) is 28.4. The lowest BCUT2D eigenvalue weighted by Crippen LogP contribution is -2.69. The van der Waals surface area contributed by atoms with Crippen molar-refractivity contribution in [2.24, 2.45) is 57.8 Å². The summed E-state index contributed by atoms with van der Waals surface area (Å²) in [4.78, 5) is 29.5. The Morgan fingerprint density at radius 3 is 2.28 bits per heavy atom. The third kappa shape index (κ3) is 3.24. The van der Waals surface area contributed by atoms with Gasteiger partial charge in [-0.1, -0.05) is 54.5 Å². The number of carbonyl (C=O) groups excluding carboxylic acids is 2. The topological polar surface area (TPSA) is 102 Å². The Bertz CT molecular complexity index is 1330. The molecule has 0 bridgehead atoms. The lowest BCUT2D eigenvalue weighted by molar-refractivity contribution is -0.214. The van der Waals surface area contributed by atoms with Crippen LogP contribution in [0.5, 0.6) is 0 Å². The van der Waals surface area contributed by atoms with E-state index in [1.807, 2.05) is 27.0 Å². The fourth-order valence-electron chi connectivity index (χ4n) is 11.2. The molecule has 0 N–H and O–H groups in total. The molecule has 7 heteroatoms. The van der Waals surface area contributed by atoms with Crippen LogP contribution in [0.15, 0.2) is 11.6 Å². The molecule has 0 aromatic carbocycles. The quantitative estimate of drug-likeness (QED) is 0.456. The predicted octanol–water partition coefficient (Wildman–Crippen LogP) is 5.76. The number of nitriles is 1. The summed E-state index contributed by atoms with van der Waals surface area (Å²) in [5.74, 6) is 1.54. The smallest absolute Gasteiger partial charge is 0.181 e.